The second-order valence-electron chi connectivity index (χ2n) is 7.23. The van der Waals surface area contributed by atoms with Gasteiger partial charge in [0.05, 0.1) is 24.2 Å². The van der Waals surface area contributed by atoms with Crippen molar-refractivity contribution >= 4 is 17.1 Å². The van der Waals surface area contributed by atoms with Crippen molar-refractivity contribution in [1.29, 1.82) is 0 Å². The van der Waals surface area contributed by atoms with Crippen molar-refractivity contribution in [3.63, 3.8) is 0 Å². The van der Waals surface area contributed by atoms with Crippen molar-refractivity contribution in [3.05, 3.63) is 34.7 Å². The molecule has 0 spiro atoms. The molecule has 8 heteroatoms. The highest BCUT2D eigenvalue weighted by molar-refractivity contribution is 5.75. The number of carbonyl (C=O) groups is 1. The first kappa shape index (κ1) is 18.1. The highest BCUT2D eigenvalue weighted by Crippen LogP contribution is 2.19. The van der Waals surface area contributed by atoms with Gasteiger partial charge < -0.3 is 19.9 Å². The van der Waals surface area contributed by atoms with Crippen molar-refractivity contribution in [3.8, 4) is 0 Å². The Morgan fingerprint density at radius 3 is 2.89 bits per heavy atom. The number of ether oxygens (including phenoxy) is 1. The molecule has 0 radical (unpaired) electrons. The van der Waals surface area contributed by atoms with Crippen LogP contribution in [0.4, 0.5) is 4.79 Å². The molecule has 2 aliphatic heterocycles. The number of carbonyl (C=O) groups excluding carboxylic acids is 1. The summed E-state index contributed by atoms with van der Waals surface area (Å²) >= 11 is 0. The van der Waals surface area contributed by atoms with Gasteiger partial charge in [-0.1, -0.05) is 12.1 Å². The van der Waals surface area contributed by atoms with Crippen molar-refractivity contribution in [2.75, 3.05) is 45.9 Å². The van der Waals surface area contributed by atoms with Gasteiger partial charge in [-0.2, -0.15) is 0 Å². The first-order valence-electron chi connectivity index (χ1n) is 9.74. The molecule has 2 amide bonds. The Kier molecular flexibility index (Phi) is 5.45. The van der Waals surface area contributed by atoms with Crippen LogP contribution < -0.4 is 11.0 Å². The van der Waals surface area contributed by atoms with Gasteiger partial charge in [0, 0.05) is 45.3 Å². The minimum Gasteiger partial charge on any atom is -0.379 e. The van der Waals surface area contributed by atoms with Crippen LogP contribution >= 0.6 is 0 Å². The highest BCUT2D eigenvalue weighted by Gasteiger charge is 2.30. The number of morpholine rings is 1. The standard InChI is InChI=1S/C19H27N5O3/c25-18(23-8-3-4-15(23)14-22-10-12-27-13-11-22)20-7-9-24-17-6-2-1-5-16(17)21-19(24)26/h1-2,5-6,15H,3-4,7-14H2,(H,20,25)(H,21,26)/t15-/m0/s1. The Bertz CT molecular complexity index is 839. The smallest absolute Gasteiger partial charge is 0.326 e. The van der Waals surface area contributed by atoms with Gasteiger partial charge in [0.25, 0.3) is 0 Å². The maximum absolute atomic E-state index is 12.7. The summed E-state index contributed by atoms with van der Waals surface area (Å²) in [6.45, 7) is 6.03. The number of amides is 2. The van der Waals surface area contributed by atoms with Gasteiger partial charge in [-0.15, -0.1) is 0 Å². The van der Waals surface area contributed by atoms with Crippen LogP contribution in [-0.4, -0.2) is 77.4 Å². The molecule has 0 aliphatic carbocycles. The van der Waals surface area contributed by atoms with Crippen LogP contribution in [0.3, 0.4) is 0 Å². The molecule has 0 saturated carbocycles. The van der Waals surface area contributed by atoms with Crippen LogP contribution in [0.2, 0.25) is 0 Å². The Balaban J connectivity index is 1.31. The summed E-state index contributed by atoms with van der Waals surface area (Å²) in [5.74, 6) is 0. The number of hydrogen-bond donors (Lipinski definition) is 2. The molecule has 2 fully saturated rings. The fourth-order valence-corrected chi connectivity index (χ4v) is 4.08. The van der Waals surface area contributed by atoms with Crippen molar-refractivity contribution in [1.82, 2.24) is 24.7 Å². The molecule has 2 aliphatic rings. The summed E-state index contributed by atoms with van der Waals surface area (Å²) in [7, 11) is 0. The monoisotopic (exact) mass is 373 g/mol. The average molecular weight is 373 g/mol. The van der Waals surface area contributed by atoms with Crippen LogP contribution in [-0.2, 0) is 11.3 Å². The summed E-state index contributed by atoms with van der Waals surface area (Å²) in [5.41, 5.74) is 1.54. The molecule has 8 nitrogen and oxygen atoms in total. The molecule has 2 aromatic rings. The van der Waals surface area contributed by atoms with E-state index in [2.05, 4.69) is 15.2 Å². The number of nitrogens with zero attached hydrogens (tertiary/aromatic N) is 3. The lowest BCUT2D eigenvalue weighted by Crippen LogP contribution is -2.49. The summed E-state index contributed by atoms with van der Waals surface area (Å²) in [6.07, 6.45) is 2.09. The molecule has 2 N–H and O–H groups in total. The van der Waals surface area contributed by atoms with E-state index in [0.29, 0.717) is 13.1 Å². The minimum absolute atomic E-state index is 0.0290. The number of aromatic amines is 1. The molecule has 0 bridgehead atoms. The Morgan fingerprint density at radius 2 is 2.04 bits per heavy atom. The number of likely N-dealkylation sites (tertiary alicyclic amines) is 1. The number of hydrogen-bond acceptors (Lipinski definition) is 4. The predicted molar refractivity (Wildman–Crippen MR) is 103 cm³/mol. The molecule has 3 heterocycles. The van der Waals surface area contributed by atoms with E-state index in [1.165, 1.54) is 0 Å². The molecule has 0 unspecified atom stereocenters. The first-order chi connectivity index (χ1) is 13.2. The number of nitrogens with one attached hydrogen (secondary N) is 2. The highest BCUT2D eigenvalue weighted by atomic mass is 16.5. The van der Waals surface area contributed by atoms with E-state index in [0.717, 1.165) is 63.3 Å². The summed E-state index contributed by atoms with van der Waals surface area (Å²) in [5, 5.41) is 2.99. The molecule has 27 heavy (non-hydrogen) atoms. The van der Waals surface area contributed by atoms with Crippen LogP contribution in [0.1, 0.15) is 12.8 Å². The van der Waals surface area contributed by atoms with E-state index in [9.17, 15) is 9.59 Å². The van der Waals surface area contributed by atoms with Gasteiger partial charge in [0.15, 0.2) is 0 Å². The van der Waals surface area contributed by atoms with Gasteiger partial charge in [-0.3, -0.25) is 9.47 Å². The fraction of sp³-hybridized carbons (Fsp3) is 0.579. The van der Waals surface area contributed by atoms with Crippen LogP contribution in [0.5, 0.6) is 0 Å². The minimum atomic E-state index is -0.142. The van der Waals surface area contributed by atoms with Crippen molar-refractivity contribution in [2.45, 2.75) is 25.4 Å². The van der Waals surface area contributed by atoms with E-state index in [4.69, 9.17) is 4.74 Å². The maximum atomic E-state index is 12.7. The predicted octanol–water partition coefficient (Wildman–Crippen LogP) is 0.836. The van der Waals surface area contributed by atoms with Gasteiger partial charge in [0.1, 0.15) is 0 Å². The third kappa shape index (κ3) is 4.01. The molecule has 1 atom stereocenters. The van der Waals surface area contributed by atoms with E-state index in [-0.39, 0.29) is 17.8 Å². The molecule has 1 aromatic carbocycles. The molecular weight excluding hydrogens is 346 g/mol. The summed E-state index contributed by atoms with van der Waals surface area (Å²) in [6, 6.07) is 7.83. The zero-order valence-electron chi connectivity index (χ0n) is 15.5. The summed E-state index contributed by atoms with van der Waals surface area (Å²) in [4.78, 5) is 31.9. The summed E-state index contributed by atoms with van der Waals surface area (Å²) < 4.78 is 7.07. The van der Waals surface area contributed by atoms with Crippen LogP contribution in [0.15, 0.2) is 29.1 Å². The van der Waals surface area contributed by atoms with Gasteiger partial charge in [-0.05, 0) is 25.0 Å². The van der Waals surface area contributed by atoms with Gasteiger partial charge >= 0.3 is 11.7 Å². The van der Waals surface area contributed by atoms with E-state index < -0.39 is 0 Å². The lowest BCUT2D eigenvalue weighted by atomic mass is 10.2. The lowest BCUT2D eigenvalue weighted by Gasteiger charge is -2.32. The molecular formula is C19H27N5O3. The van der Waals surface area contributed by atoms with E-state index >= 15 is 0 Å². The number of rotatable bonds is 5. The zero-order valence-corrected chi connectivity index (χ0v) is 15.5. The van der Waals surface area contributed by atoms with Crippen LogP contribution in [0, 0.1) is 0 Å². The Morgan fingerprint density at radius 1 is 1.22 bits per heavy atom. The second-order valence-corrected chi connectivity index (χ2v) is 7.23. The quantitative estimate of drug-likeness (QED) is 0.814. The number of imidazole rings is 1. The Labute approximate surface area is 158 Å². The number of fused-ring (bicyclic) bond motifs is 1. The van der Waals surface area contributed by atoms with E-state index in [1.807, 2.05) is 29.2 Å². The number of benzene rings is 1. The first-order valence-corrected chi connectivity index (χ1v) is 9.74. The third-order valence-corrected chi connectivity index (χ3v) is 5.50. The molecule has 146 valence electrons. The molecule has 1 aromatic heterocycles. The SMILES string of the molecule is O=C(NCCn1c(=O)[nH]c2ccccc21)N1CCC[C@H]1CN1CCOCC1. The van der Waals surface area contributed by atoms with Crippen molar-refractivity contribution in [2.24, 2.45) is 0 Å². The number of H-pyrrole nitrogens is 1. The zero-order chi connectivity index (χ0) is 18.6. The second kappa shape index (κ2) is 8.14. The molecule has 4 rings (SSSR count). The number of aromatic nitrogens is 2. The normalized spacial score (nSPS) is 21.0. The largest absolute Gasteiger partial charge is 0.379 e. The number of para-hydroxylation sites is 2. The molecule has 2 saturated heterocycles. The van der Waals surface area contributed by atoms with Crippen LogP contribution in [0.25, 0.3) is 11.0 Å². The third-order valence-electron chi connectivity index (χ3n) is 5.50. The van der Waals surface area contributed by atoms with Gasteiger partial charge in [0.2, 0.25) is 0 Å². The van der Waals surface area contributed by atoms with Gasteiger partial charge in [-0.25, -0.2) is 9.59 Å². The number of urea groups is 1. The fourth-order valence-electron chi connectivity index (χ4n) is 4.08. The average Bonchev–Trinajstić information content (AvgIpc) is 3.27. The Hall–Kier alpha value is -2.32. The van der Waals surface area contributed by atoms with Crippen molar-refractivity contribution < 1.29 is 9.53 Å². The van der Waals surface area contributed by atoms with E-state index in [1.54, 1.807) is 4.57 Å². The lowest BCUT2D eigenvalue weighted by molar-refractivity contribution is 0.0292. The maximum Gasteiger partial charge on any atom is 0.326 e. The topological polar surface area (TPSA) is 82.6 Å².